The maximum atomic E-state index is 12.9. The van der Waals surface area contributed by atoms with E-state index in [1.54, 1.807) is 17.8 Å². The third-order valence-corrected chi connectivity index (χ3v) is 8.35. The quantitative estimate of drug-likeness (QED) is 0.413. The molecule has 4 aromatic rings. The zero-order chi connectivity index (χ0) is 23.5. The number of hydrogen-bond acceptors (Lipinski definition) is 5. The van der Waals surface area contributed by atoms with Gasteiger partial charge in [-0.1, -0.05) is 55.5 Å². The largest absolute Gasteiger partial charge is 0.240 e. The maximum Gasteiger partial charge on any atom is 0.240 e. The number of para-hydroxylation sites is 1. The topological polar surface area (TPSA) is 98.1 Å². The molecule has 0 fully saturated rings. The van der Waals surface area contributed by atoms with Crippen molar-refractivity contribution in [2.24, 2.45) is 0 Å². The molecule has 0 aliphatic carbocycles. The monoisotopic (exact) mass is 481 g/mol. The highest BCUT2D eigenvalue weighted by molar-refractivity contribution is 7.91. The number of nitrogens with one attached hydrogen (secondary N) is 1. The first kappa shape index (κ1) is 22.9. The van der Waals surface area contributed by atoms with E-state index < -0.39 is 19.9 Å². The smallest absolute Gasteiger partial charge is 0.240 e. The fourth-order valence-electron chi connectivity index (χ4n) is 3.34. The first-order valence-corrected chi connectivity index (χ1v) is 13.5. The molecule has 1 aromatic heterocycles. The summed E-state index contributed by atoms with van der Waals surface area (Å²) in [5.41, 5.74) is 3.11. The van der Waals surface area contributed by atoms with Crippen LogP contribution in [-0.4, -0.2) is 32.4 Å². The van der Waals surface area contributed by atoms with Gasteiger partial charge in [0.05, 0.1) is 26.9 Å². The molecule has 4 rings (SSSR count). The Morgan fingerprint density at radius 1 is 0.788 bits per heavy atom. The molecule has 0 aliphatic rings. The summed E-state index contributed by atoms with van der Waals surface area (Å²) in [7, 11) is -7.27. The molecule has 0 atom stereocenters. The summed E-state index contributed by atoms with van der Waals surface area (Å²) >= 11 is 0. The Bertz CT molecular complexity index is 1450. The van der Waals surface area contributed by atoms with E-state index in [0.717, 1.165) is 11.3 Å². The van der Waals surface area contributed by atoms with Gasteiger partial charge in [0, 0.05) is 23.9 Å². The van der Waals surface area contributed by atoms with E-state index in [1.807, 2.05) is 60.7 Å². The minimum atomic E-state index is -3.86. The Labute approximate surface area is 193 Å². The normalized spacial score (nSPS) is 12.0. The summed E-state index contributed by atoms with van der Waals surface area (Å²) < 4.78 is 54.1. The molecule has 0 saturated carbocycles. The fraction of sp³-hybridized carbons (Fsp3) is 0.125. The molecule has 1 N–H and O–H groups in total. The van der Waals surface area contributed by atoms with Crippen LogP contribution in [0.2, 0.25) is 0 Å². The highest BCUT2D eigenvalue weighted by Gasteiger charge is 2.19. The van der Waals surface area contributed by atoms with Gasteiger partial charge in [0.25, 0.3) is 0 Å². The molecular formula is C24H23N3O4S2. The minimum absolute atomic E-state index is 0.00531. The van der Waals surface area contributed by atoms with E-state index in [0.29, 0.717) is 11.3 Å². The van der Waals surface area contributed by atoms with Gasteiger partial charge in [-0.3, -0.25) is 0 Å². The third-order valence-electron chi connectivity index (χ3n) is 5.18. The second-order valence-corrected chi connectivity index (χ2v) is 11.4. The van der Waals surface area contributed by atoms with Crippen molar-refractivity contribution in [1.29, 1.82) is 0 Å². The SMILES string of the molecule is CCS(=O)(=O)c1ccc(S(=O)(=O)NCc2cn(-c3ccccc3)nc2-c2ccccc2)cc1. The van der Waals surface area contributed by atoms with Crippen molar-refractivity contribution in [3.63, 3.8) is 0 Å². The molecule has 0 radical (unpaired) electrons. The molecule has 3 aromatic carbocycles. The van der Waals surface area contributed by atoms with Crippen LogP contribution in [0.15, 0.2) is 101 Å². The van der Waals surface area contributed by atoms with Gasteiger partial charge >= 0.3 is 0 Å². The summed E-state index contributed by atoms with van der Waals surface area (Å²) in [6.07, 6.45) is 1.80. The number of aromatic nitrogens is 2. The number of sulfonamides is 1. The standard InChI is InChI=1S/C24H23N3O4S2/c1-2-32(28,29)22-13-15-23(16-14-22)33(30,31)25-17-20-18-27(21-11-7-4-8-12-21)26-24(20)19-9-5-3-6-10-19/h3-16,18,25H,2,17H2,1H3. The summed E-state index contributed by atoms with van der Waals surface area (Å²) in [5.74, 6) is -0.0506. The van der Waals surface area contributed by atoms with Crippen molar-refractivity contribution in [1.82, 2.24) is 14.5 Å². The third kappa shape index (κ3) is 5.05. The van der Waals surface area contributed by atoms with E-state index in [1.165, 1.54) is 24.3 Å². The highest BCUT2D eigenvalue weighted by Crippen LogP contribution is 2.24. The highest BCUT2D eigenvalue weighted by atomic mass is 32.2. The van der Waals surface area contributed by atoms with Crippen molar-refractivity contribution in [3.8, 4) is 16.9 Å². The Morgan fingerprint density at radius 3 is 1.97 bits per heavy atom. The number of sulfone groups is 1. The van der Waals surface area contributed by atoms with Crippen LogP contribution in [-0.2, 0) is 26.4 Å². The summed E-state index contributed by atoms with van der Waals surface area (Å²) in [4.78, 5) is 0.0914. The lowest BCUT2D eigenvalue weighted by atomic mass is 10.1. The molecule has 0 bridgehead atoms. The fourth-order valence-corrected chi connectivity index (χ4v) is 5.23. The van der Waals surface area contributed by atoms with Gasteiger partial charge in [-0.25, -0.2) is 26.2 Å². The molecule has 0 amide bonds. The van der Waals surface area contributed by atoms with Crippen molar-refractivity contribution < 1.29 is 16.8 Å². The van der Waals surface area contributed by atoms with Gasteiger partial charge in [0.2, 0.25) is 10.0 Å². The van der Waals surface area contributed by atoms with E-state index in [2.05, 4.69) is 9.82 Å². The molecule has 170 valence electrons. The second-order valence-electron chi connectivity index (χ2n) is 7.35. The molecule has 0 aliphatic heterocycles. The molecular weight excluding hydrogens is 458 g/mol. The first-order chi connectivity index (χ1) is 15.8. The molecule has 0 spiro atoms. The first-order valence-electron chi connectivity index (χ1n) is 10.3. The number of nitrogens with zero attached hydrogens (tertiary/aromatic N) is 2. The molecule has 9 heteroatoms. The average molecular weight is 482 g/mol. The summed E-state index contributed by atoms with van der Waals surface area (Å²) in [5, 5.41) is 4.69. The Hall–Kier alpha value is -3.27. The van der Waals surface area contributed by atoms with E-state index in [4.69, 9.17) is 0 Å². The van der Waals surface area contributed by atoms with Gasteiger partial charge in [0.15, 0.2) is 9.84 Å². The van der Waals surface area contributed by atoms with Crippen molar-refractivity contribution >= 4 is 19.9 Å². The van der Waals surface area contributed by atoms with Crippen molar-refractivity contribution in [3.05, 3.63) is 96.7 Å². The zero-order valence-electron chi connectivity index (χ0n) is 17.9. The summed E-state index contributed by atoms with van der Waals surface area (Å²) in [6, 6.07) is 24.3. The van der Waals surface area contributed by atoms with Crippen molar-refractivity contribution in [2.75, 3.05) is 5.75 Å². The van der Waals surface area contributed by atoms with Gasteiger partial charge in [-0.05, 0) is 36.4 Å². The lowest BCUT2D eigenvalue weighted by molar-refractivity contribution is 0.580. The second kappa shape index (κ2) is 9.30. The predicted octanol–water partition coefficient (Wildman–Crippen LogP) is 3.81. The van der Waals surface area contributed by atoms with Crippen LogP contribution in [0.5, 0.6) is 0 Å². The maximum absolute atomic E-state index is 12.9. The minimum Gasteiger partial charge on any atom is -0.240 e. The van der Waals surface area contributed by atoms with Crippen LogP contribution in [0.1, 0.15) is 12.5 Å². The Kier molecular flexibility index (Phi) is 6.46. The van der Waals surface area contributed by atoms with Crippen LogP contribution >= 0.6 is 0 Å². The van der Waals surface area contributed by atoms with Gasteiger partial charge in [-0.15, -0.1) is 0 Å². The van der Waals surface area contributed by atoms with E-state index >= 15 is 0 Å². The molecule has 0 unspecified atom stereocenters. The average Bonchev–Trinajstić information content (AvgIpc) is 3.28. The van der Waals surface area contributed by atoms with Crippen LogP contribution < -0.4 is 4.72 Å². The van der Waals surface area contributed by atoms with Gasteiger partial charge < -0.3 is 0 Å². The van der Waals surface area contributed by atoms with Crippen LogP contribution in [0.25, 0.3) is 16.9 Å². The summed E-state index contributed by atoms with van der Waals surface area (Å²) in [6.45, 7) is 1.57. The number of rotatable bonds is 8. The Balaban J connectivity index is 1.63. The van der Waals surface area contributed by atoms with E-state index in [9.17, 15) is 16.8 Å². The molecule has 0 saturated heterocycles. The molecule has 7 nitrogen and oxygen atoms in total. The predicted molar refractivity (Wildman–Crippen MR) is 127 cm³/mol. The van der Waals surface area contributed by atoms with Crippen LogP contribution in [0, 0.1) is 0 Å². The van der Waals surface area contributed by atoms with Crippen LogP contribution in [0.3, 0.4) is 0 Å². The Morgan fingerprint density at radius 2 is 1.36 bits per heavy atom. The molecule has 1 heterocycles. The van der Waals surface area contributed by atoms with Crippen LogP contribution in [0.4, 0.5) is 0 Å². The molecule has 33 heavy (non-hydrogen) atoms. The van der Waals surface area contributed by atoms with Crippen molar-refractivity contribution in [2.45, 2.75) is 23.3 Å². The lowest BCUT2D eigenvalue weighted by Crippen LogP contribution is -2.23. The zero-order valence-corrected chi connectivity index (χ0v) is 19.6. The number of hydrogen-bond donors (Lipinski definition) is 1. The lowest BCUT2D eigenvalue weighted by Gasteiger charge is -2.08. The van der Waals surface area contributed by atoms with Gasteiger partial charge in [-0.2, -0.15) is 5.10 Å². The van der Waals surface area contributed by atoms with Gasteiger partial charge in [0.1, 0.15) is 0 Å². The number of benzene rings is 3. The van der Waals surface area contributed by atoms with E-state index in [-0.39, 0.29) is 22.1 Å².